The smallest absolute Gasteiger partial charge is 0.391 e. The van der Waals surface area contributed by atoms with Gasteiger partial charge in [-0.15, -0.1) is 6.58 Å². The summed E-state index contributed by atoms with van der Waals surface area (Å²) in [5, 5.41) is 14.5. The summed E-state index contributed by atoms with van der Waals surface area (Å²) in [5.41, 5.74) is 0. The van der Waals surface area contributed by atoms with Gasteiger partial charge in [0.1, 0.15) is 0 Å². The van der Waals surface area contributed by atoms with Crippen LogP contribution in [-0.4, -0.2) is 94.3 Å². The summed E-state index contributed by atoms with van der Waals surface area (Å²) in [4.78, 5) is 3.70. The van der Waals surface area contributed by atoms with E-state index in [0.29, 0.717) is 41.5 Å². The van der Waals surface area contributed by atoms with Crippen LogP contribution in [0.5, 0.6) is 0 Å². The average Bonchev–Trinajstić information content (AvgIpc) is 0.936. The number of rotatable bonds is 13. The number of nitriles is 1. The van der Waals surface area contributed by atoms with Crippen LogP contribution in [0.15, 0.2) is 255 Å². The van der Waals surface area contributed by atoms with Crippen LogP contribution in [-0.2, 0) is 57.6 Å². The predicted octanol–water partition coefficient (Wildman–Crippen LogP) is 4.39. The molecule has 14 rings (SSSR count). The van der Waals surface area contributed by atoms with Gasteiger partial charge in [-0.3, -0.25) is 4.98 Å². The average molecular weight is 1260 g/mol. The van der Waals surface area contributed by atoms with Gasteiger partial charge in [-0.25, -0.2) is 0 Å². The first kappa shape index (κ1) is 55.7. The molecule has 26 heteroatoms. The van der Waals surface area contributed by atoms with E-state index in [1.165, 1.54) is 0 Å². The molecule has 8 aromatic rings. The molecule has 0 radical (unpaired) electrons. The molecular formula is C56H56N2O14Si10. The highest BCUT2D eigenvalue weighted by Crippen LogP contribution is 2.47. The molecular weight excluding hydrogens is 1210 g/mol. The van der Waals surface area contributed by atoms with Crippen molar-refractivity contribution in [3.05, 3.63) is 255 Å². The van der Waals surface area contributed by atoms with Crippen LogP contribution in [0.25, 0.3) is 0 Å². The summed E-state index contributed by atoms with van der Waals surface area (Å²) in [6.07, 6.45) is 1.73. The number of benzene rings is 8. The molecule has 8 aromatic carbocycles. The fourth-order valence-corrected chi connectivity index (χ4v) is 66.1. The standard InChI is InChI=1S/C56H56N2O14Si10/c1-4-47-58-74(3)61-77(51-34-17-7-18-35-51)67-79(53-38-21-9-22-39-53)63-75(49-30-13-5-14-31-49)59-73(2,48-29-46-57)60-76(50-32-15-6-16-33-50)65-81(71-79,55-42-25-11-26-43-55)69-78(62-74,52-36-19-8-20-37-52)70-82(66-76,56-44-27-12-28-45-56)72-80(64-75,68-77)54-40-23-10-24-41-54/h4-28,30-45,58H,1,29,47-48H2,2-3H3. The Morgan fingerprint density at radius 2 is 0.524 bits per heavy atom. The molecule has 0 aromatic heterocycles. The number of nitrogens with zero attached hydrogens (tertiary/aromatic N) is 1. The SMILES string of the molecule is C=CCN[Si]1(C)O[Si]2(c3ccccc3)O[Si]3(c4ccccc4)O[Si]4(c5ccccc5)O[Si](C)(CCC#N)O[Si]5(c6ccccc6)O[Si](c6ccccc6)(O[Si](c6ccccc6)(O1)O[Si](c1ccccc1)(O5)O[Si](c1ccccc1)(O4)O2)O3. The van der Waals surface area contributed by atoms with Crippen molar-refractivity contribution in [3.8, 4) is 6.07 Å². The second-order valence-corrected chi connectivity index (χ2v) is 50.2. The van der Waals surface area contributed by atoms with Crippen LogP contribution in [0.2, 0.25) is 19.1 Å². The lowest BCUT2D eigenvalue weighted by molar-refractivity contribution is 0.0246. The van der Waals surface area contributed by atoms with Gasteiger partial charge in [0.05, 0.1) is 6.07 Å². The summed E-state index contributed by atoms with van der Waals surface area (Å²) < 4.78 is 117. The maximum Gasteiger partial charge on any atom is 0.515 e. The minimum atomic E-state index is -5.21. The maximum atomic E-state index is 10.7. The van der Waals surface area contributed by atoms with Crippen LogP contribution < -0.4 is 46.5 Å². The Bertz CT molecular complexity index is 3260. The van der Waals surface area contributed by atoms with Crippen LogP contribution in [0.3, 0.4) is 0 Å². The number of hydrogen-bond donors (Lipinski definition) is 1. The molecule has 16 nitrogen and oxygen atoms in total. The molecule has 6 fully saturated rings. The molecule has 414 valence electrons. The zero-order valence-corrected chi connectivity index (χ0v) is 54.7. The van der Waals surface area contributed by atoms with Gasteiger partial charge >= 0.3 is 87.7 Å². The van der Waals surface area contributed by atoms with E-state index in [2.05, 4.69) is 17.6 Å². The van der Waals surface area contributed by atoms with Gasteiger partial charge in [0, 0.05) is 60.5 Å². The van der Waals surface area contributed by atoms with Crippen molar-refractivity contribution in [2.75, 3.05) is 6.54 Å². The van der Waals surface area contributed by atoms with Crippen molar-refractivity contribution in [2.24, 2.45) is 0 Å². The highest BCUT2D eigenvalue weighted by molar-refractivity contribution is 7.12. The predicted molar refractivity (Wildman–Crippen MR) is 326 cm³/mol. The number of hydrogen-bond acceptors (Lipinski definition) is 16. The number of nitrogens with one attached hydrogen (secondary N) is 1. The number of fused-ring (bicyclic) bond motifs is 4. The van der Waals surface area contributed by atoms with Gasteiger partial charge in [-0.2, -0.15) is 5.26 Å². The van der Waals surface area contributed by atoms with Crippen LogP contribution in [0.4, 0.5) is 0 Å². The van der Waals surface area contributed by atoms with E-state index >= 15 is 0 Å². The van der Waals surface area contributed by atoms with Gasteiger partial charge in [0.15, 0.2) is 0 Å². The monoisotopic (exact) mass is 1260 g/mol. The summed E-state index contributed by atoms with van der Waals surface area (Å²) in [5.74, 6) is 0. The first-order valence-corrected chi connectivity index (χ1v) is 45.5. The lowest BCUT2D eigenvalue weighted by Crippen LogP contribution is -2.93. The van der Waals surface area contributed by atoms with Crippen molar-refractivity contribution in [1.29, 1.82) is 5.26 Å². The molecule has 6 aliphatic rings. The van der Waals surface area contributed by atoms with Crippen molar-refractivity contribution in [3.63, 3.8) is 0 Å². The Balaban J connectivity index is 1.32. The quantitative estimate of drug-likeness (QED) is 0.128. The van der Waals surface area contributed by atoms with Crippen molar-refractivity contribution in [2.45, 2.75) is 25.6 Å². The van der Waals surface area contributed by atoms with E-state index in [1.54, 1.807) is 6.08 Å². The lowest BCUT2D eigenvalue weighted by Gasteiger charge is -2.60. The van der Waals surface area contributed by atoms with E-state index in [1.807, 2.05) is 256 Å². The topological polar surface area (TPSA) is 165 Å². The third kappa shape index (κ3) is 10.0. The Kier molecular flexibility index (Phi) is 14.9. The van der Waals surface area contributed by atoms with E-state index in [4.69, 9.17) is 57.6 Å². The highest BCUT2D eigenvalue weighted by Gasteiger charge is 2.83. The second-order valence-electron chi connectivity index (χ2n) is 20.2. The van der Waals surface area contributed by atoms with Crippen LogP contribution in [0.1, 0.15) is 6.42 Å². The zero-order valence-electron chi connectivity index (χ0n) is 44.7. The molecule has 0 amide bonds. The fraction of sp³-hybridized carbons (Fsp3) is 0.0893. The van der Waals surface area contributed by atoms with Crippen LogP contribution >= 0.6 is 0 Å². The molecule has 0 aliphatic carbocycles. The van der Waals surface area contributed by atoms with Gasteiger partial charge < -0.3 is 57.6 Å². The van der Waals surface area contributed by atoms with Gasteiger partial charge in [-0.05, 0) is 13.1 Å². The Morgan fingerprint density at radius 1 is 0.329 bits per heavy atom. The lowest BCUT2D eigenvalue weighted by atomic mass is 10.4. The molecule has 4 unspecified atom stereocenters. The van der Waals surface area contributed by atoms with E-state index < -0.39 is 87.7 Å². The molecule has 82 heavy (non-hydrogen) atoms. The highest BCUT2D eigenvalue weighted by atomic mass is 28.6. The summed E-state index contributed by atoms with van der Waals surface area (Å²) in [6.45, 7) is 8.15. The molecule has 6 aliphatic heterocycles. The largest absolute Gasteiger partial charge is 0.515 e. The molecule has 4 atom stereocenters. The molecule has 0 spiro atoms. The molecule has 6 heterocycles. The molecule has 6 saturated heterocycles. The summed E-state index contributed by atoms with van der Waals surface area (Å²) in [6, 6.07) is 78.5. The molecule has 8 bridgehead atoms. The van der Waals surface area contributed by atoms with Crippen molar-refractivity contribution >= 4 is 129 Å². The van der Waals surface area contributed by atoms with E-state index in [-0.39, 0.29) is 19.0 Å². The minimum Gasteiger partial charge on any atom is -0.391 e. The summed E-state index contributed by atoms with van der Waals surface area (Å²) >= 11 is 0. The Morgan fingerprint density at radius 3 is 0.720 bits per heavy atom. The summed E-state index contributed by atoms with van der Waals surface area (Å²) in [7, 11) is -49.6. The van der Waals surface area contributed by atoms with Crippen molar-refractivity contribution < 1.29 is 57.6 Å². The fourth-order valence-electron chi connectivity index (χ4n) is 10.7. The molecule has 1 N–H and O–H groups in total. The Hall–Kier alpha value is -5.44. The van der Waals surface area contributed by atoms with Crippen LogP contribution in [0, 0.1) is 11.3 Å². The zero-order chi connectivity index (χ0) is 56.0. The normalized spacial score (nSPS) is 34.0. The van der Waals surface area contributed by atoms with Crippen molar-refractivity contribution in [1.82, 2.24) is 4.98 Å². The first-order valence-electron chi connectivity index (χ1n) is 26.9. The van der Waals surface area contributed by atoms with E-state index in [9.17, 15) is 5.26 Å². The maximum absolute atomic E-state index is 10.7. The molecule has 0 saturated carbocycles. The van der Waals surface area contributed by atoms with Gasteiger partial charge in [-0.1, -0.05) is 249 Å². The van der Waals surface area contributed by atoms with Gasteiger partial charge in [0.25, 0.3) is 0 Å². The second kappa shape index (κ2) is 21.9. The van der Waals surface area contributed by atoms with Gasteiger partial charge in [0.2, 0.25) is 0 Å². The third-order valence-corrected chi connectivity index (χ3v) is 57.0. The third-order valence-electron chi connectivity index (χ3n) is 14.3. The Labute approximate surface area is 487 Å². The minimum absolute atomic E-state index is 0.00402. The first-order chi connectivity index (χ1) is 39.9. The van der Waals surface area contributed by atoms with E-state index in [0.717, 1.165) is 0 Å².